The molecule has 4 rings (SSSR count). The molecule has 0 bridgehead atoms. The van der Waals surface area contributed by atoms with E-state index in [1.54, 1.807) is 48.4 Å². The van der Waals surface area contributed by atoms with Crippen LogP contribution in [0.3, 0.4) is 0 Å². The summed E-state index contributed by atoms with van der Waals surface area (Å²) in [5, 5.41) is 0. The first kappa shape index (κ1) is 22.4. The zero-order valence-corrected chi connectivity index (χ0v) is 18.5. The van der Waals surface area contributed by atoms with Crippen LogP contribution in [0.15, 0.2) is 73.1 Å². The van der Waals surface area contributed by atoms with Gasteiger partial charge < -0.3 is 4.90 Å². The van der Waals surface area contributed by atoms with Crippen molar-refractivity contribution in [2.45, 2.75) is 11.8 Å². The van der Waals surface area contributed by atoms with Crippen molar-refractivity contribution in [3.8, 4) is 0 Å². The Kier molecular flexibility index (Phi) is 7.50. The zero-order chi connectivity index (χ0) is 22.3. The van der Waals surface area contributed by atoms with Gasteiger partial charge in [0.15, 0.2) is 0 Å². The number of aromatic nitrogens is 1. The van der Waals surface area contributed by atoms with Gasteiger partial charge in [-0.3, -0.25) is 14.7 Å². The molecule has 0 aliphatic carbocycles. The van der Waals surface area contributed by atoms with Gasteiger partial charge in [-0.15, -0.1) is 11.8 Å². The van der Waals surface area contributed by atoms with E-state index in [-0.39, 0.29) is 23.6 Å². The zero-order valence-electron chi connectivity index (χ0n) is 17.7. The van der Waals surface area contributed by atoms with E-state index in [2.05, 4.69) is 9.88 Å². The number of carbonyl (C=O) groups excluding carboxylic acids is 1. The second kappa shape index (κ2) is 10.7. The number of carbonyl (C=O) groups is 1. The molecule has 0 spiro atoms. The molecule has 0 saturated carbocycles. The third-order valence-electron chi connectivity index (χ3n) is 5.65. The quantitative estimate of drug-likeness (QED) is 0.527. The summed E-state index contributed by atoms with van der Waals surface area (Å²) in [6.07, 6.45) is 3.52. The Labute approximate surface area is 191 Å². The van der Waals surface area contributed by atoms with Crippen molar-refractivity contribution >= 4 is 17.7 Å². The van der Waals surface area contributed by atoms with Crippen LogP contribution in [0.5, 0.6) is 0 Å². The molecule has 166 valence electrons. The number of rotatable bonds is 7. The molecule has 2 heterocycles. The molecule has 7 heteroatoms. The second-order valence-electron chi connectivity index (χ2n) is 7.77. The standard InChI is InChI=1S/C25H25F2N3OS/c26-22-5-1-20(2-6-22)25(21-3-7-23(27)8-4-21)30-15-13-29(14-16-30)24(31)18-32-17-19-9-11-28-12-10-19/h1-12,25H,13-18H2. The van der Waals surface area contributed by atoms with E-state index in [1.165, 1.54) is 24.3 Å². The van der Waals surface area contributed by atoms with Gasteiger partial charge in [0.05, 0.1) is 11.8 Å². The van der Waals surface area contributed by atoms with Gasteiger partial charge in [-0.1, -0.05) is 24.3 Å². The molecule has 2 aromatic carbocycles. The molecule has 32 heavy (non-hydrogen) atoms. The first-order valence-corrected chi connectivity index (χ1v) is 11.7. The van der Waals surface area contributed by atoms with Crippen LogP contribution in [-0.2, 0) is 10.5 Å². The fraction of sp³-hybridized carbons (Fsp3) is 0.280. The van der Waals surface area contributed by atoms with Crippen molar-refractivity contribution in [3.05, 3.63) is 101 Å². The molecule has 0 unspecified atom stereocenters. The van der Waals surface area contributed by atoms with Gasteiger partial charge in [0, 0.05) is 44.3 Å². The summed E-state index contributed by atoms with van der Waals surface area (Å²) in [6, 6.07) is 16.7. The van der Waals surface area contributed by atoms with Gasteiger partial charge in [0.25, 0.3) is 0 Å². The molecule has 1 amide bonds. The van der Waals surface area contributed by atoms with E-state index in [0.29, 0.717) is 31.9 Å². The van der Waals surface area contributed by atoms with Crippen LogP contribution in [0.25, 0.3) is 0 Å². The van der Waals surface area contributed by atoms with Gasteiger partial charge >= 0.3 is 0 Å². The monoisotopic (exact) mass is 453 g/mol. The largest absolute Gasteiger partial charge is 0.339 e. The lowest BCUT2D eigenvalue weighted by Gasteiger charge is -2.39. The molecule has 0 atom stereocenters. The summed E-state index contributed by atoms with van der Waals surface area (Å²) in [5.41, 5.74) is 3.06. The summed E-state index contributed by atoms with van der Waals surface area (Å²) in [7, 11) is 0. The highest BCUT2D eigenvalue weighted by Gasteiger charge is 2.28. The summed E-state index contributed by atoms with van der Waals surface area (Å²) in [4.78, 5) is 20.9. The van der Waals surface area contributed by atoms with Crippen LogP contribution in [0.2, 0.25) is 0 Å². The molecule has 1 aliphatic rings. The van der Waals surface area contributed by atoms with Crippen LogP contribution in [0.1, 0.15) is 22.7 Å². The van der Waals surface area contributed by atoms with Crippen molar-refractivity contribution in [1.82, 2.24) is 14.8 Å². The van der Waals surface area contributed by atoms with Crippen LogP contribution in [0, 0.1) is 11.6 Å². The predicted molar refractivity (Wildman–Crippen MR) is 123 cm³/mol. The number of nitrogens with zero attached hydrogens (tertiary/aromatic N) is 3. The lowest BCUT2D eigenvalue weighted by atomic mass is 9.96. The van der Waals surface area contributed by atoms with Crippen molar-refractivity contribution in [3.63, 3.8) is 0 Å². The average molecular weight is 454 g/mol. The summed E-state index contributed by atoms with van der Waals surface area (Å²) < 4.78 is 27.0. The lowest BCUT2D eigenvalue weighted by Crippen LogP contribution is -2.50. The smallest absolute Gasteiger partial charge is 0.232 e. The van der Waals surface area contributed by atoms with Gasteiger partial charge in [0.1, 0.15) is 11.6 Å². The Morgan fingerprint density at radius 3 is 1.91 bits per heavy atom. The lowest BCUT2D eigenvalue weighted by molar-refractivity contribution is -0.130. The summed E-state index contributed by atoms with van der Waals surface area (Å²) in [5.74, 6) is 0.800. The Morgan fingerprint density at radius 2 is 1.38 bits per heavy atom. The fourth-order valence-electron chi connectivity index (χ4n) is 3.96. The molecule has 1 aliphatic heterocycles. The van der Waals surface area contributed by atoms with Crippen LogP contribution < -0.4 is 0 Å². The highest BCUT2D eigenvalue weighted by atomic mass is 32.2. The van der Waals surface area contributed by atoms with Gasteiger partial charge in [-0.25, -0.2) is 8.78 Å². The molecule has 1 aromatic heterocycles. The Morgan fingerprint density at radius 1 is 0.844 bits per heavy atom. The Hall–Kier alpha value is -2.77. The van der Waals surface area contributed by atoms with Crippen molar-refractivity contribution in [1.29, 1.82) is 0 Å². The number of hydrogen-bond donors (Lipinski definition) is 0. The molecular weight excluding hydrogens is 428 g/mol. The number of hydrogen-bond acceptors (Lipinski definition) is 4. The normalized spacial score (nSPS) is 14.7. The fourth-order valence-corrected chi connectivity index (χ4v) is 4.85. The minimum absolute atomic E-state index is 0.116. The minimum Gasteiger partial charge on any atom is -0.339 e. The Bertz CT molecular complexity index is 962. The van der Waals surface area contributed by atoms with E-state index in [4.69, 9.17) is 0 Å². The molecule has 1 saturated heterocycles. The number of benzene rings is 2. The van der Waals surface area contributed by atoms with E-state index in [9.17, 15) is 13.6 Å². The number of pyridine rings is 1. The highest BCUT2D eigenvalue weighted by Crippen LogP contribution is 2.30. The Balaban J connectivity index is 1.38. The maximum atomic E-state index is 13.5. The van der Waals surface area contributed by atoms with E-state index < -0.39 is 0 Å². The van der Waals surface area contributed by atoms with Gasteiger partial charge in [-0.05, 0) is 53.1 Å². The third kappa shape index (κ3) is 5.72. The third-order valence-corrected chi connectivity index (χ3v) is 6.64. The van der Waals surface area contributed by atoms with Gasteiger partial charge in [0.2, 0.25) is 5.91 Å². The molecular formula is C25H25F2N3OS. The average Bonchev–Trinajstić information content (AvgIpc) is 2.83. The number of thioether (sulfide) groups is 1. The first-order valence-electron chi connectivity index (χ1n) is 10.6. The molecule has 3 aromatic rings. The molecule has 4 nitrogen and oxygen atoms in total. The van der Waals surface area contributed by atoms with Crippen LogP contribution >= 0.6 is 11.8 Å². The molecule has 1 fully saturated rings. The minimum atomic E-state index is -0.286. The second-order valence-corrected chi connectivity index (χ2v) is 8.76. The first-order chi connectivity index (χ1) is 15.6. The van der Waals surface area contributed by atoms with Crippen molar-refractivity contribution in [2.24, 2.45) is 0 Å². The summed E-state index contributed by atoms with van der Waals surface area (Å²) in [6.45, 7) is 2.65. The number of piperazine rings is 1. The number of halogens is 2. The van der Waals surface area contributed by atoms with Crippen LogP contribution in [0.4, 0.5) is 8.78 Å². The number of amides is 1. The highest BCUT2D eigenvalue weighted by molar-refractivity contribution is 7.99. The van der Waals surface area contributed by atoms with E-state index in [0.717, 1.165) is 22.4 Å². The maximum absolute atomic E-state index is 13.5. The SMILES string of the molecule is O=C(CSCc1ccncc1)N1CCN(C(c2ccc(F)cc2)c2ccc(F)cc2)CC1. The van der Waals surface area contributed by atoms with Crippen molar-refractivity contribution < 1.29 is 13.6 Å². The topological polar surface area (TPSA) is 36.4 Å². The maximum Gasteiger partial charge on any atom is 0.232 e. The molecule has 0 radical (unpaired) electrons. The van der Waals surface area contributed by atoms with Gasteiger partial charge in [-0.2, -0.15) is 0 Å². The molecule has 0 N–H and O–H groups in total. The van der Waals surface area contributed by atoms with Crippen LogP contribution in [-0.4, -0.2) is 52.6 Å². The van der Waals surface area contributed by atoms with E-state index >= 15 is 0 Å². The van der Waals surface area contributed by atoms with E-state index in [1.807, 2.05) is 17.0 Å². The van der Waals surface area contributed by atoms with Crippen molar-refractivity contribution in [2.75, 3.05) is 31.9 Å². The predicted octanol–water partition coefficient (Wildman–Crippen LogP) is 4.53. The summed E-state index contributed by atoms with van der Waals surface area (Å²) >= 11 is 1.61.